The van der Waals surface area contributed by atoms with Crippen molar-refractivity contribution in [1.29, 1.82) is 0 Å². The van der Waals surface area contributed by atoms with Gasteiger partial charge in [0, 0.05) is 30.1 Å². The van der Waals surface area contributed by atoms with Crippen LogP contribution in [0.15, 0.2) is 6.20 Å². The molecule has 1 N–H and O–H groups in total. The van der Waals surface area contributed by atoms with Crippen molar-refractivity contribution in [2.75, 3.05) is 72.5 Å². The molecule has 0 radical (unpaired) electrons. The van der Waals surface area contributed by atoms with Crippen LogP contribution in [0.1, 0.15) is 39.3 Å². The number of carbonyl (C=O) groups is 1. The molecule has 0 aromatic carbocycles. The van der Waals surface area contributed by atoms with Gasteiger partial charge in [0.1, 0.15) is 0 Å². The molecule has 2 aliphatic heterocycles. The van der Waals surface area contributed by atoms with Gasteiger partial charge in [-0.25, -0.2) is 4.68 Å². The predicted octanol–water partition coefficient (Wildman–Crippen LogP) is 1.10. The molecule has 0 saturated carbocycles. The van der Waals surface area contributed by atoms with E-state index < -0.39 is 0 Å². The number of nitrogens with zero attached hydrogens (tertiary/aromatic N) is 4. The molecule has 1 aromatic heterocycles. The fourth-order valence-corrected chi connectivity index (χ4v) is 3.82. The van der Waals surface area contributed by atoms with Gasteiger partial charge in [0.05, 0.1) is 65.1 Å². The zero-order chi connectivity index (χ0) is 23.6. The van der Waals surface area contributed by atoms with Crippen LogP contribution in [0.5, 0.6) is 0 Å². The monoisotopic (exact) mass is 467 g/mol. The third-order valence-corrected chi connectivity index (χ3v) is 6.13. The highest BCUT2D eigenvalue weighted by molar-refractivity contribution is 5.81. The van der Waals surface area contributed by atoms with Gasteiger partial charge in [-0.05, 0) is 25.9 Å². The van der Waals surface area contributed by atoms with Crippen molar-refractivity contribution < 1.29 is 23.7 Å². The minimum atomic E-state index is -0.373. The molecule has 0 atom stereocenters. The van der Waals surface area contributed by atoms with E-state index in [0.717, 1.165) is 38.5 Å². The van der Waals surface area contributed by atoms with Crippen LogP contribution in [-0.2, 0) is 36.8 Å². The first-order chi connectivity index (χ1) is 15.9. The Morgan fingerprint density at radius 2 is 1.70 bits per heavy atom. The van der Waals surface area contributed by atoms with Crippen LogP contribution in [0.4, 0.5) is 0 Å². The molecule has 0 aliphatic carbocycles. The molecular weight excluding hydrogens is 426 g/mol. The minimum absolute atomic E-state index is 0.0289. The van der Waals surface area contributed by atoms with Crippen LogP contribution in [0.2, 0.25) is 0 Å². The Balaban J connectivity index is 1.12. The van der Waals surface area contributed by atoms with Gasteiger partial charge in [0.25, 0.3) is 0 Å². The topological polar surface area (TPSA) is 100.0 Å². The summed E-state index contributed by atoms with van der Waals surface area (Å²) in [5.41, 5.74) is 1.10. The van der Waals surface area contributed by atoms with E-state index in [0.29, 0.717) is 58.1 Å². The smallest absolute Gasteiger partial charge is 0.225 e. The number of hydrogen-bond acceptors (Lipinski definition) is 8. The van der Waals surface area contributed by atoms with Gasteiger partial charge in [-0.1, -0.05) is 26.0 Å². The average molecular weight is 468 g/mol. The third kappa shape index (κ3) is 8.94. The van der Waals surface area contributed by atoms with E-state index in [1.807, 2.05) is 31.6 Å². The Labute approximate surface area is 197 Å². The van der Waals surface area contributed by atoms with Crippen molar-refractivity contribution in [3.63, 3.8) is 0 Å². The lowest BCUT2D eigenvalue weighted by Gasteiger charge is -2.47. The van der Waals surface area contributed by atoms with E-state index in [2.05, 4.69) is 20.5 Å². The molecule has 2 fully saturated rings. The maximum absolute atomic E-state index is 11.7. The molecule has 3 heterocycles. The van der Waals surface area contributed by atoms with E-state index in [1.165, 1.54) is 12.8 Å². The van der Waals surface area contributed by atoms with Gasteiger partial charge in [0.15, 0.2) is 0 Å². The van der Waals surface area contributed by atoms with Crippen LogP contribution in [-0.4, -0.2) is 98.3 Å². The fraction of sp³-hybridized carbons (Fsp3) is 0.870. The van der Waals surface area contributed by atoms with Crippen LogP contribution in [0, 0.1) is 10.8 Å². The molecule has 10 nitrogen and oxygen atoms in total. The highest BCUT2D eigenvalue weighted by Crippen LogP contribution is 2.38. The van der Waals surface area contributed by atoms with Crippen LogP contribution < -0.4 is 5.32 Å². The Morgan fingerprint density at radius 3 is 2.30 bits per heavy atom. The van der Waals surface area contributed by atoms with E-state index in [4.69, 9.17) is 18.9 Å². The summed E-state index contributed by atoms with van der Waals surface area (Å²) in [5, 5.41) is 11.4. The highest BCUT2D eigenvalue weighted by Gasteiger charge is 2.41. The molecule has 1 aromatic rings. The summed E-state index contributed by atoms with van der Waals surface area (Å²) < 4.78 is 23.8. The summed E-state index contributed by atoms with van der Waals surface area (Å²) in [4.78, 5) is 14.2. The number of piperidine rings is 1. The van der Waals surface area contributed by atoms with E-state index >= 15 is 0 Å². The lowest BCUT2D eigenvalue weighted by molar-refractivity contribution is -0.140. The van der Waals surface area contributed by atoms with Crippen molar-refractivity contribution in [2.45, 2.75) is 46.7 Å². The number of carbonyl (C=O) groups excluding carboxylic acids is 1. The second-order valence-electron chi connectivity index (χ2n) is 10.1. The van der Waals surface area contributed by atoms with Gasteiger partial charge >= 0.3 is 0 Å². The first-order valence-corrected chi connectivity index (χ1v) is 12.1. The van der Waals surface area contributed by atoms with E-state index in [9.17, 15) is 4.79 Å². The van der Waals surface area contributed by atoms with Gasteiger partial charge < -0.3 is 24.3 Å². The van der Waals surface area contributed by atoms with Crippen molar-refractivity contribution in [1.82, 2.24) is 25.2 Å². The number of ether oxygens (including phenoxy) is 4. The van der Waals surface area contributed by atoms with Crippen molar-refractivity contribution in [2.24, 2.45) is 10.8 Å². The van der Waals surface area contributed by atoms with Gasteiger partial charge in [-0.2, -0.15) is 0 Å². The summed E-state index contributed by atoms with van der Waals surface area (Å²) in [7, 11) is 0. The van der Waals surface area contributed by atoms with Crippen molar-refractivity contribution in [3.8, 4) is 0 Å². The molecule has 10 heteroatoms. The van der Waals surface area contributed by atoms with Crippen LogP contribution in [0.25, 0.3) is 0 Å². The Kier molecular flexibility index (Phi) is 10.1. The normalized spacial score (nSPS) is 18.4. The second kappa shape index (κ2) is 12.8. The number of aromatic nitrogens is 3. The van der Waals surface area contributed by atoms with Gasteiger partial charge in [0.2, 0.25) is 5.91 Å². The first-order valence-electron chi connectivity index (χ1n) is 12.1. The summed E-state index contributed by atoms with van der Waals surface area (Å²) in [5.74, 6) is 0.0289. The summed E-state index contributed by atoms with van der Waals surface area (Å²) in [6.07, 6.45) is 4.45. The molecule has 0 unspecified atom stereocenters. The van der Waals surface area contributed by atoms with Crippen LogP contribution >= 0.6 is 0 Å². The Morgan fingerprint density at radius 1 is 1.06 bits per heavy atom. The molecule has 33 heavy (non-hydrogen) atoms. The largest absolute Gasteiger partial charge is 0.380 e. The zero-order valence-corrected chi connectivity index (χ0v) is 20.5. The number of hydrogen-bond donors (Lipinski definition) is 1. The lowest BCUT2D eigenvalue weighted by atomic mass is 9.77. The third-order valence-electron chi connectivity index (χ3n) is 6.13. The molecule has 1 amide bonds. The van der Waals surface area contributed by atoms with E-state index in [1.54, 1.807) is 0 Å². The quantitative estimate of drug-likeness (QED) is 0.406. The number of likely N-dealkylation sites (tertiary alicyclic amines) is 1. The fourth-order valence-electron chi connectivity index (χ4n) is 3.82. The molecule has 2 saturated heterocycles. The van der Waals surface area contributed by atoms with E-state index in [-0.39, 0.29) is 11.3 Å². The van der Waals surface area contributed by atoms with Crippen LogP contribution in [0.3, 0.4) is 0 Å². The molecule has 1 spiro atoms. The Bertz CT molecular complexity index is 706. The molecule has 188 valence electrons. The number of amides is 1. The molecule has 3 rings (SSSR count). The zero-order valence-electron chi connectivity index (χ0n) is 20.5. The predicted molar refractivity (Wildman–Crippen MR) is 123 cm³/mol. The Hall–Kier alpha value is -1.59. The summed E-state index contributed by atoms with van der Waals surface area (Å²) in [6.45, 7) is 14.9. The first kappa shape index (κ1) is 26.0. The average Bonchev–Trinajstić information content (AvgIpc) is 3.20. The second-order valence-corrected chi connectivity index (χ2v) is 10.1. The van der Waals surface area contributed by atoms with Gasteiger partial charge in [-0.15, -0.1) is 5.10 Å². The maximum Gasteiger partial charge on any atom is 0.225 e. The summed E-state index contributed by atoms with van der Waals surface area (Å²) >= 11 is 0. The summed E-state index contributed by atoms with van der Waals surface area (Å²) in [6, 6.07) is 0. The standard InChI is InChI=1S/C23H41N5O5/c1-22(2,3)21(29)24-6-10-30-12-14-32-15-13-31-11-9-28-17-20(25-26-28)16-27-7-4-23(5-8-27)18-33-19-23/h17H,4-16,18-19H2,1-3H3,(H,24,29). The number of nitrogens with one attached hydrogen (secondary N) is 1. The SMILES string of the molecule is CC(C)(C)C(=O)NCCOCCOCCOCCn1cc(CN2CCC3(CC2)COC3)nn1. The molecule has 2 aliphatic rings. The number of rotatable bonds is 14. The minimum Gasteiger partial charge on any atom is -0.380 e. The van der Waals surface area contributed by atoms with Gasteiger partial charge in [-0.3, -0.25) is 9.69 Å². The molecule has 0 bridgehead atoms. The molecular formula is C23H41N5O5. The highest BCUT2D eigenvalue weighted by atomic mass is 16.5. The van der Waals surface area contributed by atoms with Crippen molar-refractivity contribution in [3.05, 3.63) is 11.9 Å². The van der Waals surface area contributed by atoms with Crippen molar-refractivity contribution >= 4 is 5.91 Å². The lowest BCUT2D eigenvalue weighted by Crippen LogP contribution is -2.50. The maximum atomic E-state index is 11.7.